The average molecular weight is 286 g/mol. The van der Waals surface area contributed by atoms with Gasteiger partial charge in [-0.05, 0) is 12.8 Å². The van der Waals surface area contributed by atoms with Crippen molar-refractivity contribution < 1.29 is 9.53 Å². The lowest BCUT2D eigenvalue weighted by molar-refractivity contribution is 0.112. The van der Waals surface area contributed by atoms with E-state index in [-0.39, 0.29) is 5.15 Å². The molecule has 0 N–H and O–H groups in total. The summed E-state index contributed by atoms with van der Waals surface area (Å²) in [5.41, 5.74) is 0.337. The van der Waals surface area contributed by atoms with Crippen LogP contribution < -0.4 is 4.90 Å². The normalized spacial score (nSPS) is 10.8. The maximum atomic E-state index is 11.2. The molecule has 0 saturated carbocycles. The zero-order valence-electron chi connectivity index (χ0n) is 11.8. The van der Waals surface area contributed by atoms with E-state index in [1.54, 1.807) is 14.0 Å². The number of nitrogens with zero attached hydrogens (tertiary/aromatic N) is 3. The quantitative estimate of drug-likeness (QED) is 0.569. The lowest BCUT2D eigenvalue weighted by Gasteiger charge is -2.26. The van der Waals surface area contributed by atoms with E-state index >= 15 is 0 Å². The van der Waals surface area contributed by atoms with Crippen molar-refractivity contribution in [1.82, 2.24) is 9.97 Å². The Labute approximate surface area is 118 Å². The van der Waals surface area contributed by atoms with Gasteiger partial charge in [-0.1, -0.05) is 25.4 Å². The number of anilines is 1. The molecule has 0 amide bonds. The minimum Gasteiger partial charge on any atom is -0.383 e. The number of carbonyl (C=O) groups is 1. The Bertz CT molecular complexity index is 438. The molecule has 0 saturated heterocycles. The summed E-state index contributed by atoms with van der Waals surface area (Å²) >= 11 is 6.01. The van der Waals surface area contributed by atoms with Gasteiger partial charge in [0.2, 0.25) is 0 Å². The average Bonchev–Trinajstić information content (AvgIpc) is 2.33. The molecular formula is C13H20ClN3O2. The second kappa shape index (κ2) is 7.40. The molecule has 106 valence electrons. The Balaban J connectivity index is 3.15. The largest absolute Gasteiger partial charge is 0.383 e. The van der Waals surface area contributed by atoms with Crippen molar-refractivity contribution in [2.75, 3.05) is 31.7 Å². The first-order valence-electron chi connectivity index (χ1n) is 6.22. The number of aryl methyl sites for hydroxylation is 1. The van der Waals surface area contributed by atoms with E-state index in [1.165, 1.54) is 0 Å². The maximum absolute atomic E-state index is 11.2. The van der Waals surface area contributed by atoms with Crippen LogP contribution in [0.15, 0.2) is 0 Å². The molecule has 19 heavy (non-hydrogen) atoms. The van der Waals surface area contributed by atoms with E-state index in [0.717, 1.165) is 6.54 Å². The number of hydrogen-bond acceptors (Lipinski definition) is 5. The molecular weight excluding hydrogens is 266 g/mol. The van der Waals surface area contributed by atoms with Gasteiger partial charge in [0, 0.05) is 20.2 Å². The number of methoxy groups -OCH3 is 1. The fourth-order valence-electron chi connectivity index (χ4n) is 1.80. The van der Waals surface area contributed by atoms with E-state index in [1.807, 2.05) is 4.90 Å². The fraction of sp³-hybridized carbons (Fsp3) is 0.615. The molecule has 0 radical (unpaired) electrons. The highest BCUT2D eigenvalue weighted by Gasteiger charge is 2.18. The third kappa shape index (κ3) is 4.44. The van der Waals surface area contributed by atoms with Gasteiger partial charge in [0.25, 0.3) is 0 Å². The fourth-order valence-corrected chi connectivity index (χ4v) is 2.05. The first kappa shape index (κ1) is 15.9. The maximum Gasteiger partial charge on any atom is 0.156 e. The standard InChI is InChI=1S/C13H20ClN3O2/c1-9(2)7-17(5-6-19-4)13-11(8-18)12(14)15-10(3)16-13/h8-9H,5-7H2,1-4H3. The number of aromatic nitrogens is 2. The third-order valence-electron chi connectivity index (χ3n) is 2.56. The Morgan fingerprint density at radius 1 is 1.42 bits per heavy atom. The smallest absolute Gasteiger partial charge is 0.156 e. The molecule has 1 heterocycles. The van der Waals surface area contributed by atoms with Crippen LogP contribution in [0.5, 0.6) is 0 Å². The number of ether oxygens (including phenoxy) is 1. The molecule has 5 nitrogen and oxygen atoms in total. The molecule has 0 fully saturated rings. The third-order valence-corrected chi connectivity index (χ3v) is 2.85. The molecule has 0 spiro atoms. The van der Waals surface area contributed by atoms with Gasteiger partial charge in [0.1, 0.15) is 16.8 Å². The van der Waals surface area contributed by atoms with Crippen molar-refractivity contribution in [2.24, 2.45) is 5.92 Å². The van der Waals surface area contributed by atoms with Crippen LogP contribution in [0.3, 0.4) is 0 Å². The minimum atomic E-state index is 0.198. The second-order valence-corrected chi connectivity index (χ2v) is 5.11. The summed E-state index contributed by atoms with van der Waals surface area (Å²) in [4.78, 5) is 21.6. The highest BCUT2D eigenvalue weighted by Crippen LogP contribution is 2.23. The van der Waals surface area contributed by atoms with Crippen LogP contribution in [-0.4, -0.2) is 43.1 Å². The highest BCUT2D eigenvalue weighted by molar-refractivity contribution is 6.32. The molecule has 0 aliphatic heterocycles. The van der Waals surface area contributed by atoms with Crippen molar-refractivity contribution in [3.63, 3.8) is 0 Å². The first-order valence-corrected chi connectivity index (χ1v) is 6.60. The Morgan fingerprint density at radius 2 is 2.11 bits per heavy atom. The van der Waals surface area contributed by atoms with Crippen molar-refractivity contribution >= 4 is 23.7 Å². The van der Waals surface area contributed by atoms with Crippen molar-refractivity contribution in [1.29, 1.82) is 0 Å². The van der Waals surface area contributed by atoms with E-state index in [2.05, 4.69) is 23.8 Å². The Morgan fingerprint density at radius 3 is 2.63 bits per heavy atom. The number of carbonyl (C=O) groups excluding carboxylic acids is 1. The van der Waals surface area contributed by atoms with Crippen molar-refractivity contribution in [3.8, 4) is 0 Å². The molecule has 0 bridgehead atoms. The van der Waals surface area contributed by atoms with E-state index in [0.29, 0.717) is 42.6 Å². The van der Waals surface area contributed by atoms with Gasteiger partial charge in [-0.3, -0.25) is 4.79 Å². The van der Waals surface area contributed by atoms with Crippen LogP contribution in [0.25, 0.3) is 0 Å². The van der Waals surface area contributed by atoms with Crippen LogP contribution >= 0.6 is 11.6 Å². The van der Waals surface area contributed by atoms with Crippen LogP contribution in [0, 0.1) is 12.8 Å². The lowest BCUT2D eigenvalue weighted by atomic mass is 10.2. The summed E-state index contributed by atoms with van der Waals surface area (Å²) in [5, 5.41) is 0.198. The topological polar surface area (TPSA) is 55.3 Å². The molecule has 1 rings (SSSR count). The summed E-state index contributed by atoms with van der Waals surface area (Å²) < 4.78 is 5.10. The van der Waals surface area contributed by atoms with Crippen LogP contribution in [-0.2, 0) is 4.74 Å². The number of hydrogen-bond donors (Lipinski definition) is 0. The zero-order valence-corrected chi connectivity index (χ0v) is 12.6. The monoisotopic (exact) mass is 285 g/mol. The van der Waals surface area contributed by atoms with Gasteiger partial charge < -0.3 is 9.64 Å². The van der Waals surface area contributed by atoms with Gasteiger partial charge in [-0.2, -0.15) is 0 Å². The van der Waals surface area contributed by atoms with Crippen molar-refractivity contribution in [2.45, 2.75) is 20.8 Å². The molecule has 1 aromatic rings. The predicted octanol–water partition coefficient (Wildman–Crippen LogP) is 2.36. The van der Waals surface area contributed by atoms with E-state index in [4.69, 9.17) is 16.3 Å². The van der Waals surface area contributed by atoms with Crippen LogP contribution in [0.1, 0.15) is 30.0 Å². The zero-order chi connectivity index (χ0) is 14.4. The summed E-state index contributed by atoms with van der Waals surface area (Å²) in [7, 11) is 1.65. The van der Waals surface area contributed by atoms with Crippen molar-refractivity contribution in [3.05, 3.63) is 16.5 Å². The highest BCUT2D eigenvalue weighted by atomic mass is 35.5. The molecule has 6 heteroatoms. The van der Waals surface area contributed by atoms with Crippen LogP contribution in [0.4, 0.5) is 5.82 Å². The molecule has 0 atom stereocenters. The first-order chi connectivity index (χ1) is 8.99. The van der Waals surface area contributed by atoms with E-state index < -0.39 is 0 Å². The Kier molecular flexibility index (Phi) is 6.18. The SMILES string of the molecule is COCCN(CC(C)C)c1nc(C)nc(Cl)c1C=O. The molecule has 0 aromatic carbocycles. The Hall–Kier alpha value is -1.20. The molecule has 0 aliphatic carbocycles. The molecule has 1 aromatic heterocycles. The minimum absolute atomic E-state index is 0.198. The number of aldehydes is 1. The lowest BCUT2D eigenvalue weighted by Crippen LogP contribution is -2.33. The van der Waals surface area contributed by atoms with Gasteiger partial charge >= 0.3 is 0 Å². The van der Waals surface area contributed by atoms with Gasteiger partial charge in [0.15, 0.2) is 6.29 Å². The second-order valence-electron chi connectivity index (χ2n) is 4.75. The van der Waals surface area contributed by atoms with Gasteiger partial charge in [-0.15, -0.1) is 0 Å². The molecule has 0 unspecified atom stereocenters. The summed E-state index contributed by atoms with van der Waals surface area (Å²) in [6.45, 7) is 7.96. The number of rotatable bonds is 7. The van der Waals surface area contributed by atoms with Gasteiger partial charge in [-0.25, -0.2) is 9.97 Å². The molecule has 0 aliphatic rings. The summed E-state index contributed by atoms with van der Waals surface area (Å²) in [6, 6.07) is 0. The van der Waals surface area contributed by atoms with Crippen LogP contribution in [0.2, 0.25) is 5.15 Å². The van der Waals surface area contributed by atoms with Gasteiger partial charge in [0.05, 0.1) is 12.2 Å². The summed E-state index contributed by atoms with van der Waals surface area (Å²) in [6.07, 6.45) is 0.706. The predicted molar refractivity (Wildman–Crippen MR) is 76.1 cm³/mol. The van der Waals surface area contributed by atoms with E-state index in [9.17, 15) is 4.79 Å². The summed E-state index contributed by atoms with van der Waals surface area (Å²) in [5.74, 6) is 1.57. The number of halogens is 1.